The molecule has 0 saturated carbocycles. The van der Waals surface area contributed by atoms with E-state index in [0.29, 0.717) is 13.0 Å². The van der Waals surface area contributed by atoms with E-state index in [2.05, 4.69) is 29.4 Å². The molecule has 164 valence electrons. The van der Waals surface area contributed by atoms with Gasteiger partial charge in [0.15, 0.2) is 0 Å². The summed E-state index contributed by atoms with van der Waals surface area (Å²) in [6.45, 7) is 8.44. The highest BCUT2D eigenvalue weighted by molar-refractivity contribution is 5.79. The molecule has 1 N–H and O–H groups in total. The van der Waals surface area contributed by atoms with Crippen LogP contribution in [0.2, 0.25) is 0 Å². The molecule has 3 aromatic rings. The molecule has 0 fully saturated rings. The molecule has 1 aromatic carbocycles. The number of rotatable bonds is 7. The van der Waals surface area contributed by atoms with Crippen molar-refractivity contribution in [2.24, 2.45) is 0 Å². The Morgan fingerprint density at radius 3 is 2.74 bits per heavy atom. The Morgan fingerprint density at radius 2 is 2.06 bits per heavy atom. The van der Waals surface area contributed by atoms with Crippen LogP contribution in [0.25, 0.3) is 0 Å². The lowest BCUT2D eigenvalue weighted by Crippen LogP contribution is -2.33. The minimum absolute atomic E-state index is 0.0266. The van der Waals surface area contributed by atoms with Crippen LogP contribution in [0.3, 0.4) is 0 Å². The van der Waals surface area contributed by atoms with E-state index in [1.165, 1.54) is 5.56 Å². The third kappa shape index (κ3) is 4.65. The van der Waals surface area contributed by atoms with Crippen LogP contribution in [0.5, 0.6) is 5.75 Å². The molecule has 1 amide bonds. The van der Waals surface area contributed by atoms with Gasteiger partial charge in [0.05, 0.1) is 35.6 Å². The normalized spacial score (nSPS) is 15.7. The first-order valence-corrected chi connectivity index (χ1v) is 10.9. The summed E-state index contributed by atoms with van der Waals surface area (Å²) in [6.07, 6.45) is 5.34. The summed E-state index contributed by atoms with van der Waals surface area (Å²) in [7, 11) is 0. The number of aromatic nitrogens is 3. The van der Waals surface area contributed by atoms with E-state index >= 15 is 0 Å². The van der Waals surface area contributed by atoms with E-state index in [1.54, 1.807) is 0 Å². The zero-order chi connectivity index (χ0) is 22.0. The molecule has 4 rings (SSSR count). The largest absolute Gasteiger partial charge is 0.489 e. The van der Waals surface area contributed by atoms with E-state index < -0.39 is 0 Å². The third-order valence-electron chi connectivity index (χ3n) is 5.86. The lowest BCUT2D eigenvalue weighted by molar-refractivity contribution is -0.121. The first-order chi connectivity index (χ1) is 14.9. The fourth-order valence-electron chi connectivity index (χ4n) is 4.17. The average molecular weight is 423 g/mol. The molecule has 2 aromatic heterocycles. The van der Waals surface area contributed by atoms with E-state index in [4.69, 9.17) is 9.26 Å². The lowest BCUT2D eigenvalue weighted by atomic mass is 9.93. The van der Waals surface area contributed by atoms with Crippen LogP contribution >= 0.6 is 0 Å². The lowest BCUT2D eigenvalue weighted by Gasteiger charge is -2.26. The van der Waals surface area contributed by atoms with Crippen molar-refractivity contribution in [3.05, 3.63) is 64.3 Å². The van der Waals surface area contributed by atoms with E-state index in [0.717, 1.165) is 53.3 Å². The minimum atomic E-state index is 0.0266. The SMILES string of the molecule is Cc1noc(C)c1COc1ccc(CC(=O)NC2CCCc3cnn(C(C)C)c32)cc1. The van der Waals surface area contributed by atoms with Crippen molar-refractivity contribution in [1.82, 2.24) is 20.3 Å². The maximum absolute atomic E-state index is 12.7. The first-order valence-electron chi connectivity index (χ1n) is 10.9. The smallest absolute Gasteiger partial charge is 0.224 e. The molecule has 0 radical (unpaired) electrons. The Labute approximate surface area is 182 Å². The second-order valence-electron chi connectivity index (χ2n) is 8.52. The molecular weight excluding hydrogens is 392 g/mol. The van der Waals surface area contributed by atoms with Crippen molar-refractivity contribution < 1.29 is 14.1 Å². The zero-order valence-electron chi connectivity index (χ0n) is 18.6. The molecule has 7 nitrogen and oxygen atoms in total. The molecule has 1 aliphatic carbocycles. The number of benzene rings is 1. The van der Waals surface area contributed by atoms with Crippen LogP contribution in [0.4, 0.5) is 0 Å². The maximum Gasteiger partial charge on any atom is 0.224 e. The van der Waals surface area contributed by atoms with Crippen molar-refractivity contribution >= 4 is 5.91 Å². The van der Waals surface area contributed by atoms with Gasteiger partial charge in [-0.05, 0) is 70.2 Å². The van der Waals surface area contributed by atoms with Crippen LogP contribution in [0.15, 0.2) is 35.0 Å². The highest BCUT2D eigenvalue weighted by Crippen LogP contribution is 2.31. The van der Waals surface area contributed by atoms with Gasteiger partial charge in [0, 0.05) is 6.04 Å². The number of hydrogen-bond acceptors (Lipinski definition) is 5. The van der Waals surface area contributed by atoms with Crippen molar-refractivity contribution in [3.63, 3.8) is 0 Å². The van der Waals surface area contributed by atoms with E-state index in [-0.39, 0.29) is 18.0 Å². The Bertz CT molecular complexity index is 1030. The summed E-state index contributed by atoms with van der Waals surface area (Å²) in [5, 5.41) is 11.7. The van der Waals surface area contributed by atoms with Gasteiger partial charge in [0.1, 0.15) is 18.1 Å². The highest BCUT2D eigenvalue weighted by atomic mass is 16.5. The van der Waals surface area contributed by atoms with Crippen molar-refractivity contribution in [3.8, 4) is 5.75 Å². The van der Waals surface area contributed by atoms with Crippen LogP contribution in [-0.4, -0.2) is 20.8 Å². The van der Waals surface area contributed by atoms with Crippen LogP contribution in [0.1, 0.15) is 72.6 Å². The van der Waals surface area contributed by atoms with Crippen LogP contribution in [-0.2, 0) is 24.2 Å². The predicted octanol–water partition coefficient (Wildman–Crippen LogP) is 4.38. The molecule has 31 heavy (non-hydrogen) atoms. The first kappa shape index (κ1) is 21.2. The van der Waals surface area contributed by atoms with E-state index in [1.807, 2.05) is 49.0 Å². The molecule has 7 heteroatoms. The Kier molecular flexibility index (Phi) is 6.11. The van der Waals surface area contributed by atoms with Gasteiger partial charge in [0.2, 0.25) is 5.91 Å². The topological polar surface area (TPSA) is 82.2 Å². The molecule has 0 aliphatic heterocycles. The Hall–Kier alpha value is -3.09. The van der Waals surface area contributed by atoms with Gasteiger partial charge in [-0.3, -0.25) is 9.48 Å². The van der Waals surface area contributed by atoms with Crippen molar-refractivity contribution in [2.75, 3.05) is 0 Å². The van der Waals surface area contributed by atoms with Gasteiger partial charge in [-0.2, -0.15) is 5.10 Å². The molecular formula is C24H30N4O3. The second-order valence-corrected chi connectivity index (χ2v) is 8.52. The molecule has 0 saturated heterocycles. The minimum Gasteiger partial charge on any atom is -0.489 e. The molecule has 0 spiro atoms. The van der Waals surface area contributed by atoms with Gasteiger partial charge in [-0.25, -0.2) is 0 Å². The number of hydrogen-bond donors (Lipinski definition) is 1. The summed E-state index contributed by atoms with van der Waals surface area (Å²) < 4.78 is 13.1. The van der Waals surface area contributed by atoms with Crippen LogP contribution in [0, 0.1) is 13.8 Å². The summed E-state index contributed by atoms with van der Waals surface area (Å²) in [5.74, 6) is 1.55. The number of fused-ring (bicyclic) bond motifs is 1. The maximum atomic E-state index is 12.7. The van der Waals surface area contributed by atoms with Gasteiger partial charge >= 0.3 is 0 Å². The highest BCUT2D eigenvalue weighted by Gasteiger charge is 2.27. The number of nitrogens with zero attached hydrogens (tertiary/aromatic N) is 3. The fraction of sp³-hybridized carbons (Fsp3) is 0.458. The van der Waals surface area contributed by atoms with Gasteiger partial charge in [-0.1, -0.05) is 17.3 Å². The Balaban J connectivity index is 1.35. The number of aryl methyl sites for hydroxylation is 3. The number of ether oxygens (including phenoxy) is 1. The summed E-state index contributed by atoms with van der Waals surface area (Å²) in [6, 6.07) is 7.97. The third-order valence-corrected chi connectivity index (χ3v) is 5.86. The molecule has 1 unspecified atom stereocenters. The van der Waals surface area contributed by atoms with Crippen molar-refractivity contribution in [1.29, 1.82) is 0 Å². The zero-order valence-corrected chi connectivity index (χ0v) is 18.6. The number of carbonyl (C=O) groups excluding carboxylic acids is 1. The van der Waals surface area contributed by atoms with Gasteiger partial charge in [-0.15, -0.1) is 0 Å². The van der Waals surface area contributed by atoms with E-state index in [9.17, 15) is 4.79 Å². The molecule has 0 bridgehead atoms. The predicted molar refractivity (Wildman–Crippen MR) is 117 cm³/mol. The average Bonchev–Trinajstić information content (AvgIpc) is 3.32. The monoisotopic (exact) mass is 422 g/mol. The summed E-state index contributed by atoms with van der Waals surface area (Å²) in [4.78, 5) is 12.7. The number of amides is 1. The van der Waals surface area contributed by atoms with Gasteiger partial charge in [0.25, 0.3) is 0 Å². The van der Waals surface area contributed by atoms with Gasteiger partial charge < -0.3 is 14.6 Å². The fourth-order valence-corrected chi connectivity index (χ4v) is 4.17. The Morgan fingerprint density at radius 1 is 1.29 bits per heavy atom. The standard InChI is InChI=1S/C24H30N4O3/c1-15(2)28-24-19(13-25-28)6-5-7-22(24)26-23(29)12-18-8-10-20(11-9-18)30-14-21-16(3)27-31-17(21)4/h8-11,13,15,22H,5-7,12,14H2,1-4H3,(H,26,29). The van der Waals surface area contributed by atoms with Crippen LogP contribution < -0.4 is 10.1 Å². The molecule has 1 atom stereocenters. The summed E-state index contributed by atoms with van der Waals surface area (Å²) >= 11 is 0. The second kappa shape index (κ2) is 8.96. The summed E-state index contributed by atoms with van der Waals surface area (Å²) in [5.41, 5.74) is 5.18. The molecule has 2 heterocycles. The number of carbonyl (C=O) groups is 1. The quantitative estimate of drug-likeness (QED) is 0.611. The molecule has 1 aliphatic rings. The number of nitrogens with one attached hydrogen (secondary N) is 1. The van der Waals surface area contributed by atoms with Crippen molar-refractivity contribution in [2.45, 2.75) is 72.1 Å².